The highest BCUT2D eigenvalue weighted by Gasteiger charge is 2.17. The summed E-state index contributed by atoms with van der Waals surface area (Å²) in [5.74, 6) is -2.46. The first-order valence-corrected chi connectivity index (χ1v) is 8.39. The minimum atomic E-state index is -1.31. The van der Waals surface area contributed by atoms with Crippen molar-refractivity contribution in [3.05, 3.63) is 53.6 Å². The summed E-state index contributed by atoms with van der Waals surface area (Å²) < 4.78 is 1.67. The van der Waals surface area contributed by atoms with Crippen LogP contribution in [0, 0.1) is 13.8 Å². The molecule has 1 aromatic heterocycles. The third-order valence-electron chi connectivity index (χ3n) is 4.06. The van der Waals surface area contributed by atoms with Crippen molar-refractivity contribution >= 4 is 23.2 Å². The van der Waals surface area contributed by atoms with Crippen molar-refractivity contribution in [2.24, 2.45) is 0 Å². The Labute approximate surface area is 152 Å². The molecule has 7 heteroatoms. The van der Waals surface area contributed by atoms with E-state index in [0.717, 1.165) is 25.1 Å². The zero-order chi connectivity index (χ0) is 19.1. The summed E-state index contributed by atoms with van der Waals surface area (Å²) in [7, 11) is 0. The lowest BCUT2D eigenvalue weighted by Crippen LogP contribution is -2.11. The van der Waals surface area contributed by atoms with Gasteiger partial charge in [0, 0.05) is 37.2 Å². The van der Waals surface area contributed by atoms with Gasteiger partial charge in [0.2, 0.25) is 0 Å². The number of carboxylic acid groups (broad SMARTS) is 2. The van der Waals surface area contributed by atoms with Gasteiger partial charge in [-0.25, -0.2) is 14.6 Å². The van der Waals surface area contributed by atoms with E-state index >= 15 is 0 Å². The van der Waals surface area contributed by atoms with Crippen LogP contribution in [-0.4, -0.2) is 38.2 Å². The lowest BCUT2D eigenvalue weighted by Gasteiger charge is -2.13. The molecule has 0 fully saturated rings. The molecule has 2 aromatic rings. The molecule has 0 atom stereocenters. The number of hydrogen-bond donors (Lipinski definition) is 3. The van der Waals surface area contributed by atoms with E-state index in [4.69, 9.17) is 5.11 Å². The van der Waals surface area contributed by atoms with Crippen LogP contribution in [0.5, 0.6) is 0 Å². The number of benzene rings is 1. The average molecular weight is 357 g/mol. The Hall–Kier alpha value is -3.09. The first-order valence-electron chi connectivity index (χ1n) is 8.39. The Morgan fingerprint density at radius 2 is 1.88 bits per heavy atom. The van der Waals surface area contributed by atoms with E-state index in [1.54, 1.807) is 10.8 Å². The van der Waals surface area contributed by atoms with E-state index in [1.165, 1.54) is 17.3 Å². The molecule has 0 unspecified atom stereocenters. The average Bonchev–Trinajstić information content (AvgIpc) is 3.02. The molecule has 2 rings (SSSR count). The number of para-hydroxylation sites is 1. The third kappa shape index (κ3) is 4.95. The number of carbonyl (C=O) groups is 2. The first kappa shape index (κ1) is 19.2. The quantitative estimate of drug-likeness (QED) is 0.471. The molecule has 0 aliphatic rings. The largest absolute Gasteiger partial charge is 0.478 e. The van der Waals surface area contributed by atoms with Crippen LogP contribution in [0.2, 0.25) is 0 Å². The second kappa shape index (κ2) is 8.84. The smallest absolute Gasteiger partial charge is 0.339 e. The highest BCUT2D eigenvalue weighted by Crippen LogP contribution is 2.19. The first-order chi connectivity index (χ1) is 12.4. The van der Waals surface area contributed by atoms with E-state index in [-0.39, 0.29) is 11.4 Å². The van der Waals surface area contributed by atoms with E-state index in [9.17, 15) is 14.7 Å². The number of nitrogens with one attached hydrogen (secondary N) is 1. The Balaban J connectivity index is 1.92. The van der Waals surface area contributed by atoms with Crippen molar-refractivity contribution in [1.29, 1.82) is 0 Å². The molecule has 0 amide bonds. The van der Waals surface area contributed by atoms with Gasteiger partial charge < -0.3 is 20.1 Å². The minimum Gasteiger partial charge on any atom is -0.478 e. The molecule has 138 valence electrons. The van der Waals surface area contributed by atoms with Crippen LogP contribution in [0.1, 0.15) is 29.8 Å². The summed E-state index contributed by atoms with van der Waals surface area (Å²) in [6.45, 7) is 5.49. The summed E-state index contributed by atoms with van der Waals surface area (Å²) in [6.07, 6.45) is 5.50. The van der Waals surface area contributed by atoms with Crippen LogP contribution in [-0.2, 0) is 16.1 Å². The number of hydrogen-bond acceptors (Lipinski definition) is 4. The zero-order valence-corrected chi connectivity index (χ0v) is 14.9. The molecule has 7 nitrogen and oxygen atoms in total. The third-order valence-corrected chi connectivity index (χ3v) is 4.06. The summed E-state index contributed by atoms with van der Waals surface area (Å²) in [5.41, 5.74) is 3.23. The molecular formula is C19H23N3O4. The Bertz CT molecular complexity index is 804. The van der Waals surface area contributed by atoms with E-state index in [0.29, 0.717) is 12.6 Å². The topological polar surface area (TPSA) is 104 Å². The Morgan fingerprint density at radius 3 is 2.50 bits per heavy atom. The SMILES string of the molecule is Cc1cccc(C)c1NCCCCn1ccnc1/C(=C/C(=O)O)C(=O)O. The molecule has 26 heavy (non-hydrogen) atoms. The maximum Gasteiger partial charge on any atom is 0.339 e. The molecule has 1 aromatic carbocycles. The van der Waals surface area contributed by atoms with Crippen molar-refractivity contribution in [3.8, 4) is 0 Å². The van der Waals surface area contributed by atoms with Crippen LogP contribution in [0.3, 0.4) is 0 Å². The van der Waals surface area contributed by atoms with Crippen molar-refractivity contribution < 1.29 is 19.8 Å². The van der Waals surface area contributed by atoms with Gasteiger partial charge in [0.05, 0.1) is 0 Å². The molecule has 3 N–H and O–H groups in total. The molecule has 0 saturated heterocycles. The number of anilines is 1. The normalized spacial score (nSPS) is 11.4. The lowest BCUT2D eigenvalue weighted by molar-refractivity contribution is -0.133. The Morgan fingerprint density at radius 1 is 1.19 bits per heavy atom. The lowest BCUT2D eigenvalue weighted by atomic mass is 10.1. The second-order valence-corrected chi connectivity index (χ2v) is 6.05. The van der Waals surface area contributed by atoms with Gasteiger partial charge in [0.15, 0.2) is 0 Å². The van der Waals surface area contributed by atoms with Crippen LogP contribution >= 0.6 is 0 Å². The van der Waals surface area contributed by atoms with Crippen LogP contribution < -0.4 is 5.32 Å². The standard InChI is InChI=1S/C19H23N3O4/c1-13-6-5-7-14(2)17(13)20-8-3-4-10-22-11-9-21-18(22)15(19(25)26)12-16(23)24/h5-7,9,11-12,20H,3-4,8,10H2,1-2H3,(H,23,24)(H,25,26)/b15-12-. The number of nitrogens with zero attached hydrogens (tertiary/aromatic N) is 2. The predicted octanol–water partition coefficient (Wildman–Crippen LogP) is 2.94. The fourth-order valence-corrected chi connectivity index (χ4v) is 2.79. The van der Waals surface area contributed by atoms with E-state index < -0.39 is 11.9 Å². The van der Waals surface area contributed by atoms with Crippen molar-refractivity contribution in [2.75, 3.05) is 11.9 Å². The van der Waals surface area contributed by atoms with E-state index in [1.807, 2.05) is 6.07 Å². The molecule has 0 bridgehead atoms. The maximum absolute atomic E-state index is 11.3. The number of unbranched alkanes of at least 4 members (excludes halogenated alkanes) is 1. The molecule has 0 aliphatic carbocycles. The van der Waals surface area contributed by atoms with Gasteiger partial charge in [-0.05, 0) is 37.8 Å². The van der Waals surface area contributed by atoms with Crippen molar-refractivity contribution in [2.45, 2.75) is 33.2 Å². The molecule has 0 spiro atoms. The van der Waals surface area contributed by atoms with Crippen LogP contribution in [0.15, 0.2) is 36.7 Å². The summed E-state index contributed by atoms with van der Waals surface area (Å²) in [4.78, 5) is 26.1. The number of aliphatic carboxylic acids is 2. The highest BCUT2D eigenvalue weighted by molar-refractivity contribution is 6.18. The van der Waals surface area contributed by atoms with Crippen LogP contribution in [0.25, 0.3) is 5.57 Å². The molecule has 0 radical (unpaired) electrons. The highest BCUT2D eigenvalue weighted by atomic mass is 16.4. The number of aryl methyl sites for hydroxylation is 3. The maximum atomic E-state index is 11.3. The monoisotopic (exact) mass is 357 g/mol. The number of imidazole rings is 1. The summed E-state index contributed by atoms with van der Waals surface area (Å²) in [5, 5.41) is 21.5. The number of carboxylic acids is 2. The number of rotatable bonds is 9. The Kier molecular flexibility index (Phi) is 6.54. The van der Waals surface area contributed by atoms with Gasteiger partial charge in [0.25, 0.3) is 0 Å². The fourth-order valence-electron chi connectivity index (χ4n) is 2.79. The zero-order valence-electron chi connectivity index (χ0n) is 14.9. The minimum absolute atomic E-state index is 0.155. The number of aromatic nitrogens is 2. The van der Waals surface area contributed by atoms with Gasteiger partial charge in [0.1, 0.15) is 11.4 Å². The molecular weight excluding hydrogens is 334 g/mol. The van der Waals surface area contributed by atoms with Crippen LogP contribution in [0.4, 0.5) is 5.69 Å². The second-order valence-electron chi connectivity index (χ2n) is 6.05. The van der Waals surface area contributed by atoms with Gasteiger partial charge in [-0.2, -0.15) is 0 Å². The molecule has 0 saturated carbocycles. The molecule has 1 heterocycles. The van der Waals surface area contributed by atoms with Gasteiger partial charge in [-0.15, -0.1) is 0 Å². The van der Waals surface area contributed by atoms with E-state index in [2.05, 4.69) is 36.3 Å². The van der Waals surface area contributed by atoms with Crippen molar-refractivity contribution in [3.63, 3.8) is 0 Å². The van der Waals surface area contributed by atoms with Crippen molar-refractivity contribution in [1.82, 2.24) is 9.55 Å². The predicted molar refractivity (Wildman–Crippen MR) is 99.1 cm³/mol. The van der Waals surface area contributed by atoms with Gasteiger partial charge in [-0.1, -0.05) is 18.2 Å². The summed E-state index contributed by atoms with van der Waals surface area (Å²) in [6, 6.07) is 6.16. The fraction of sp³-hybridized carbons (Fsp3) is 0.316. The molecule has 0 aliphatic heterocycles. The summed E-state index contributed by atoms with van der Waals surface area (Å²) >= 11 is 0. The van der Waals surface area contributed by atoms with Gasteiger partial charge >= 0.3 is 11.9 Å². The van der Waals surface area contributed by atoms with Gasteiger partial charge in [-0.3, -0.25) is 0 Å².